The van der Waals surface area contributed by atoms with Crippen LogP contribution in [-0.2, 0) is 17.7 Å². The predicted molar refractivity (Wildman–Crippen MR) is 109 cm³/mol. The van der Waals surface area contributed by atoms with Crippen LogP contribution in [0.15, 0.2) is 17.1 Å². The number of rotatable bonds is 5. The number of hydrogen-bond acceptors (Lipinski definition) is 5. The molecule has 1 heterocycles. The summed E-state index contributed by atoms with van der Waals surface area (Å²) in [5.41, 5.74) is 1.95. The Morgan fingerprint density at radius 2 is 1.71 bits per heavy atom. The number of benzene rings is 1. The zero-order chi connectivity index (χ0) is 20.7. The molecule has 2 N–H and O–H groups in total. The molecule has 0 spiro atoms. The average Bonchev–Trinajstić information content (AvgIpc) is 2.65. The maximum atomic E-state index is 11.7. The maximum absolute atomic E-state index is 11.7. The number of nitrogens with one attached hydrogen (secondary N) is 2. The molecule has 1 aliphatic heterocycles. The number of alkyl carbamates (subject to hydrolysis) is 1. The number of carbonyl (C=O) groups excluding carboxylic acids is 1. The number of amides is 1. The molecule has 0 saturated heterocycles. The number of carbonyl (C=O) groups is 1. The third kappa shape index (κ3) is 5.94. The molecule has 0 aromatic heterocycles. The molecular weight excluding hydrogens is 360 g/mol. The van der Waals surface area contributed by atoms with Crippen LogP contribution in [-0.4, -0.2) is 63.5 Å². The van der Waals surface area contributed by atoms with Gasteiger partial charge in [0.1, 0.15) is 5.60 Å². The SMILES string of the molecule is CN=C(NCCNC(=O)OC(C)(C)C)N1CCc2cc(OC)c(OC)cc2C1. The summed E-state index contributed by atoms with van der Waals surface area (Å²) in [5.74, 6) is 2.28. The van der Waals surface area contributed by atoms with Gasteiger partial charge in [-0.3, -0.25) is 4.99 Å². The Labute approximate surface area is 167 Å². The second kappa shape index (κ2) is 9.52. The molecule has 1 aromatic rings. The molecule has 8 heteroatoms. The summed E-state index contributed by atoms with van der Waals surface area (Å²) >= 11 is 0. The van der Waals surface area contributed by atoms with E-state index in [9.17, 15) is 4.79 Å². The van der Waals surface area contributed by atoms with Crippen LogP contribution in [0.3, 0.4) is 0 Å². The van der Waals surface area contributed by atoms with E-state index in [0.717, 1.165) is 37.0 Å². The molecule has 0 bridgehead atoms. The normalized spacial score (nSPS) is 14.2. The Balaban J connectivity index is 1.90. The van der Waals surface area contributed by atoms with E-state index in [1.165, 1.54) is 11.1 Å². The maximum Gasteiger partial charge on any atom is 0.407 e. The molecule has 0 atom stereocenters. The minimum Gasteiger partial charge on any atom is -0.493 e. The van der Waals surface area contributed by atoms with Crippen molar-refractivity contribution in [2.75, 3.05) is 40.9 Å². The summed E-state index contributed by atoms with van der Waals surface area (Å²) in [7, 11) is 5.05. The van der Waals surface area contributed by atoms with Crippen molar-refractivity contribution in [2.45, 2.75) is 39.3 Å². The van der Waals surface area contributed by atoms with Crippen molar-refractivity contribution in [3.8, 4) is 11.5 Å². The van der Waals surface area contributed by atoms with E-state index in [1.54, 1.807) is 21.3 Å². The Kier molecular flexibility index (Phi) is 7.37. The number of nitrogens with zero attached hydrogens (tertiary/aromatic N) is 2. The number of methoxy groups -OCH3 is 2. The van der Waals surface area contributed by atoms with E-state index in [2.05, 4.69) is 20.5 Å². The number of guanidine groups is 1. The van der Waals surface area contributed by atoms with Gasteiger partial charge in [-0.25, -0.2) is 4.79 Å². The molecule has 0 saturated carbocycles. The standard InChI is InChI=1S/C20H32N4O4/c1-20(2,3)28-19(25)23-9-8-22-18(21-4)24-10-7-14-11-16(26-5)17(27-6)12-15(14)13-24/h11-12H,7-10,13H2,1-6H3,(H,21,22)(H,23,25). The van der Waals surface area contributed by atoms with Gasteiger partial charge in [0.2, 0.25) is 0 Å². The first-order valence-electron chi connectivity index (χ1n) is 9.43. The van der Waals surface area contributed by atoms with Crippen molar-refractivity contribution in [2.24, 2.45) is 4.99 Å². The van der Waals surface area contributed by atoms with E-state index in [-0.39, 0.29) is 0 Å². The third-order valence-electron chi connectivity index (χ3n) is 4.31. The molecule has 2 rings (SSSR count). The molecule has 28 heavy (non-hydrogen) atoms. The summed E-state index contributed by atoms with van der Waals surface area (Å²) in [4.78, 5) is 18.3. The van der Waals surface area contributed by atoms with Gasteiger partial charge in [-0.05, 0) is 50.5 Å². The fraction of sp³-hybridized carbons (Fsp3) is 0.600. The van der Waals surface area contributed by atoms with Crippen molar-refractivity contribution in [3.05, 3.63) is 23.3 Å². The Morgan fingerprint density at radius 1 is 1.11 bits per heavy atom. The highest BCUT2D eigenvalue weighted by molar-refractivity contribution is 5.80. The molecule has 156 valence electrons. The van der Waals surface area contributed by atoms with Gasteiger partial charge in [0.25, 0.3) is 0 Å². The highest BCUT2D eigenvalue weighted by Crippen LogP contribution is 2.33. The topological polar surface area (TPSA) is 84.4 Å². The minimum atomic E-state index is -0.502. The second-order valence-electron chi connectivity index (χ2n) is 7.55. The Bertz CT molecular complexity index is 713. The van der Waals surface area contributed by atoms with Crippen LogP contribution < -0.4 is 20.1 Å². The average molecular weight is 393 g/mol. The van der Waals surface area contributed by atoms with Gasteiger partial charge in [0, 0.05) is 33.2 Å². The predicted octanol–water partition coefficient (Wildman–Crippen LogP) is 2.16. The van der Waals surface area contributed by atoms with E-state index in [0.29, 0.717) is 13.1 Å². The summed E-state index contributed by atoms with van der Waals surface area (Å²) in [6.45, 7) is 8.10. The summed E-state index contributed by atoms with van der Waals surface area (Å²) in [6, 6.07) is 4.07. The first kappa shape index (κ1) is 21.7. The van der Waals surface area contributed by atoms with Gasteiger partial charge >= 0.3 is 6.09 Å². The minimum absolute atomic E-state index is 0.419. The molecule has 0 radical (unpaired) electrons. The van der Waals surface area contributed by atoms with Crippen molar-refractivity contribution in [1.29, 1.82) is 0 Å². The molecule has 0 aliphatic carbocycles. The van der Waals surface area contributed by atoms with Gasteiger partial charge in [-0.15, -0.1) is 0 Å². The number of ether oxygens (including phenoxy) is 3. The Hall–Kier alpha value is -2.64. The summed E-state index contributed by atoms with van der Waals surface area (Å²) in [6.07, 6.45) is 0.476. The molecule has 1 aliphatic rings. The van der Waals surface area contributed by atoms with Crippen molar-refractivity contribution < 1.29 is 19.0 Å². The zero-order valence-corrected chi connectivity index (χ0v) is 17.7. The fourth-order valence-corrected chi connectivity index (χ4v) is 3.05. The van der Waals surface area contributed by atoms with Crippen LogP contribution >= 0.6 is 0 Å². The van der Waals surface area contributed by atoms with Gasteiger partial charge in [0.05, 0.1) is 14.2 Å². The fourth-order valence-electron chi connectivity index (χ4n) is 3.05. The van der Waals surface area contributed by atoms with E-state index < -0.39 is 11.7 Å². The van der Waals surface area contributed by atoms with E-state index >= 15 is 0 Å². The van der Waals surface area contributed by atoms with Gasteiger partial charge in [-0.1, -0.05) is 0 Å². The lowest BCUT2D eigenvalue weighted by atomic mass is 9.99. The van der Waals surface area contributed by atoms with Crippen LogP contribution in [0.2, 0.25) is 0 Å². The largest absolute Gasteiger partial charge is 0.493 e. The summed E-state index contributed by atoms with van der Waals surface area (Å²) in [5, 5.41) is 6.03. The molecule has 1 aromatic carbocycles. The molecule has 0 fully saturated rings. The van der Waals surface area contributed by atoms with Gasteiger partial charge in [0.15, 0.2) is 17.5 Å². The molecule has 0 unspecified atom stereocenters. The smallest absolute Gasteiger partial charge is 0.407 e. The van der Waals surface area contributed by atoms with Gasteiger partial charge < -0.3 is 29.7 Å². The van der Waals surface area contributed by atoms with Crippen LogP contribution in [0.5, 0.6) is 11.5 Å². The molecule has 1 amide bonds. The molecular formula is C20H32N4O4. The first-order chi connectivity index (χ1) is 13.3. The third-order valence-corrected chi connectivity index (χ3v) is 4.31. The van der Waals surface area contributed by atoms with Crippen molar-refractivity contribution in [3.63, 3.8) is 0 Å². The van der Waals surface area contributed by atoms with Crippen LogP contribution in [0.1, 0.15) is 31.9 Å². The quantitative estimate of drug-likeness (QED) is 0.454. The number of fused-ring (bicyclic) bond motifs is 1. The van der Waals surface area contributed by atoms with E-state index in [1.807, 2.05) is 32.9 Å². The lowest BCUT2D eigenvalue weighted by Gasteiger charge is -2.32. The van der Waals surface area contributed by atoms with Crippen LogP contribution in [0.25, 0.3) is 0 Å². The van der Waals surface area contributed by atoms with Gasteiger partial charge in [-0.2, -0.15) is 0 Å². The number of hydrogen-bond donors (Lipinski definition) is 2. The number of aliphatic imine (C=N–C) groups is 1. The van der Waals surface area contributed by atoms with Crippen molar-refractivity contribution in [1.82, 2.24) is 15.5 Å². The lowest BCUT2D eigenvalue weighted by Crippen LogP contribution is -2.46. The van der Waals surface area contributed by atoms with Crippen LogP contribution in [0.4, 0.5) is 4.79 Å². The van der Waals surface area contributed by atoms with Crippen molar-refractivity contribution >= 4 is 12.1 Å². The first-order valence-corrected chi connectivity index (χ1v) is 9.43. The molecule has 8 nitrogen and oxygen atoms in total. The lowest BCUT2D eigenvalue weighted by molar-refractivity contribution is 0.0529. The highest BCUT2D eigenvalue weighted by atomic mass is 16.6. The summed E-state index contributed by atoms with van der Waals surface area (Å²) < 4.78 is 16.0. The zero-order valence-electron chi connectivity index (χ0n) is 17.7. The highest BCUT2D eigenvalue weighted by Gasteiger charge is 2.21. The monoisotopic (exact) mass is 392 g/mol. The second-order valence-corrected chi connectivity index (χ2v) is 7.55. The Morgan fingerprint density at radius 3 is 2.29 bits per heavy atom. The van der Waals surface area contributed by atoms with E-state index in [4.69, 9.17) is 14.2 Å². The van der Waals surface area contributed by atoms with Crippen LogP contribution in [0, 0.1) is 0 Å².